The van der Waals surface area contributed by atoms with Crippen molar-refractivity contribution in [3.05, 3.63) is 36.0 Å². The zero-order valence-electron chi connectivity index (χ0n) is 52.7. The Morgan fingerprint density at radius 2 is 1.17 bits per heavy atom. The quantitative estimate of drug-likeness (QED) is 0.0129. The molecule has 0 aliphatic carbocycles. The lowest BCUT2D eigenvalue weighted by molar-refractivity contribution is -0.143. The monoisotopic (exact) mass is 1400 g/mol. The number of aliphatic carboxylic acids is 2. The average molecular weight is 1400 g/mol. The Morgan fingerprint density at radius 1 is 0.617 bits per heavy atom. The summed E-state index contributed by atoms with van der Waals surface area (Å²) in [6.45, 7) is 6.77. The molecule has 0 saturated carbocycles. The summed E-state index contributed by atoms with van der Waals surface area (Å²) < 4.78 is 0. The second-order valence-electron chi connectivity index (χ2n) is 22.9. The Kier molecular flexibility index (Phi) is 34.4. The largest absolute Gasteiger partial charge is 0.481 e. The molecular weight excluding hydrogens is 1310 g/mol. The van der Waals surface area contributed by atoms with Gasteiger partial charge in [-0.05, 0) is 68.9 Å². The molecule has 33 nitrogen and oxygen atoms in total. The number of thiol groups is 4. The number of rotatable bonds is 40. The van der Waals surface area contributed by atoms with Gasteiger partial charge in [-0.3, -0.25) is 67.3 Å². The summed E-state index contributed by atoms with van der Waals surface area (Å²) in [5, 5.41) is 47.1. The smallest absolute Gasteiger partial charge is 0.327 e. The minimum atomic E-state index is -1.67. The van der Waals surface area contributed by atoms with E-state index in [1.165, 1.54) is 6.92 Å². The molecule has 1 aromatic heterocycles. The number of carbonyl (C=O) groups excluding carboxylic acids is 12. The standard InChI is InChI=1S/C57H89N17O16S4/c1-27(2)18-36(66-42(75)21-63-47(80)32(58)23-91)50(83)65-29(5)46(79)70-39(25-93)52(85)68-34(14-15-44(77)78)49(82)69-35(12-8-16-61-57(59)60)55(88)74-17-9-13-41(74)53(86)71-38(24-92)48(81)64-22-43(76)67-37(19-30-20-62-33-11-7-6-10-31(30)33)51(84)73-45(28(3)4)54(87)72-40(26-94)56(89)90/h6-7,10-11,20,27-29,32,34-41,45,62,91-94H,8-9,12-19,21-26,58H2,1-5H3,(H,63,80)(H,64,81)(H,65,83)(H,66,75)(H,67,76)(H,68,85)(H,69,82)(H,70,79)(H,71,86)(H,72,87)(H,73,84)(H,77,78)(H,89,90)(H4,59,60,61)/t29-,32-,34-,35-,36-,37-,38-,39-,40-,41-,45-/m0/s1. The highest BCUT2D eigenvalue weighted by molar-refractivity contribution is 7.80. The van der Waals surface area contributed by atoms with E-state index in [2.05, 4.69) is 119 Å². The van der Waals surface area contributed by atoms with E-state index >= 15 is 0 Å². The Hall–Kier alpha value is -8.03. The number of amides is 12. The number of carbonyl (C=O) groups is 14. The number of aliphatic imine (C=N–C) groups is 1. The van der Waals surface area contributed by atoms with Gasteiger partial charge in [0.2, 0.25) is 70.9 Å². The molecule has 3 rings (SSSR count). The van der Waals surface area contributed by atoms with E-state index in [0.29, 0.717) is 5.56 Å². The van der Waals surface area contributed by atoms with Gasteiger partial charge in [-0.15, -0.1) is 0 Å². The van der Waals surface area contributed by atoms with Gasteiger partial charge in [0, 0.05) is 66.0 Å². The van der Waals surface area contributed by atoms with Crippen LogP contribution in [0.1, 0.15) is 85.1 Å². The first-order valence-corrected chi connectivity index (χ1v) is 32.7. The zero-order chi connectivity index (χ0) is 70.5. The second-order valence-corrected chi connectivity index (χ2v) is 24.3. The maximum absolute atomic E-state index is 14.6. The number of aromatic nitrogens is 1. The summed E-state index contributed by atoms with van der Waals surface area (Å²) in [6, 6.07) is -7.63. The first-order valence-electron chi connectivity index (χ1n) is 30.2. The van der Waals surface area contributed by atoms with E-state index in [1.54, 1.807) is 58.2 Å². The maximum atomic E-state index is 14.6. The first kappa shape index (κ1) is 80.2. The molecule has 11 atom stereocenters. The third-order valence-corrected chi connectivity index (χ3v) is 16.1. The van der Waals surface area contributed by atoms with E-state index in [0.717, 1.165) is 15.8 Å². The van der Waals surface area contributed by atoms with Crippen LogP contribution in [0.5, 0.6) is 0 Å². The molecule has 2 heterocycles. The lowest BCUT2D eigenvalue weighted by atomic mass is 10.0. The van der Waals surface area contributed by atoms with Gasteiger partial charge in [-0.25, -0.2) is 4.79 Å². The van der Waals surface area contributed by atoms with Crippen molar-refractivity contribution in [2.75, 3.05) is 49.2 Å². The lowest BCUT2D eigenvalue weighted by Crippen LogP contribution is -2.60. The number of hydrogen-bond donors (Lipinski definition) is 21. The van der Waals surface area contributed by atoms with Gasteiger partial charge < -0.3 is 95.8 Å². The van der Waals surface area contributed by atoms with Gasteiger partial charge in [0.05, 0.1) is 19.1 Å². The number of hydrogen-bond acceptors (Lipinski definition) is 20. The van der Waals surface area contributed by atoms with Gasteiger partial charge >= 0.3 is 11.9 Å². The van der Waals surface area contributed by atoms with Crippen molar-refractivity contribution in [2.24, 2.45) is 34.0 Å². The molecular formula is C57H89N17O16S4. The SMILES string of the molecule is CC(C)C[C@H](NC(=O)CNC(=O)[C@@H](N)CS)C(=O)N[C@@H](C)C(=O)N[C@@H](CS)C(=O)N[C@@H](CCC(=O)O)C(=O)N[C@@H](CCCN=C(N)N)C(=O)N1CCC[C@H]1C(=O)N[C@@H](CS)C(=O)NCC(=O)N[C@@H](Cc1c[nH]c2ccccc12)C(=O)N[C@H](C(=O)N[C@@H](CS)C(=O)O)C(C)C. The molecule has 522 valence electrons. The summed E-state index contributed by atoms with van der Waals surface area (Å²) in [7, 11) is 0. The molecule has 1 fully saturated rings. The topological polar surface area (TPSA) is 521 Å². The van der Waals surface area contributed by atoms with Crippen LogP contribution in [-0.4, -0.2) is 225 Å². The number of benzene rings is 1. The molecule has 0 radical (unpaired) electrons. The number of guanidine groups is 1. The van der Waals surface area contributed by atoms with Crippen molar-refractivity contribution in [1.29, 1.82) is 0 Å². The Bertz CT molecular complexity index is 3040. The molecule has 20 N–H and O–H groups in total. The van der Waals surface area contributed by atoms with Crippen molar-refractivity contribution in [2.45, 2.75) is 152 Å². The van der Waals surface area contributed by atoms with Gasteiger partial charge in [0.15, 0.2) is 5.96 Å². The van der Waals surface area contributed by atoms with Crippen LogP contribution in [-0.2, 0) is 73.5 Å². The molecule has 0 bridgehead atoms. The van der Waals surface area contributed by atoms with Gasteiger partial charge in [0.25, 0.3) is 0 Å². The van der Waals surface area contributed by atoms with Crippen molar-refractivity contribution < 1.29 is 77.3 Å². The van der Waals surface area contributed by atoms with Crippen LogP contribution in [0.15, 0.2) is 35.5 Å². The van der Waals surface area contributed by atoms with Crippen LogP contribution in [0.25, 0.3) is 10.9 Å². The van der Waals surface area contributed by atoms with Crippen LogP contribution in [0.2, 0.25) is 0 Å². The Balaban J connectivity index is 1.77. The molecule has 1 aliphatic rings. The first-order chi connectivity index (χ1) is 44.3. The van der Waals surface area contributed by atoms with Gasteiger partial charge in [-0.2, -0.15) is 50.5 Å². The van der Waals surface area contributed by atoms with Crippen molar-refractivity contribution in [3.8, 4) is 0 Å². The number of likely N-dealkylation sites (tertiary alicyclic amines) is 1. The van der Waals surface area contributed by atoms with E-state index in [9.17, 15) is 77.3 Å². The third kappa shape index (κ3) is 26.4. The van der Waals surface area contributed by atoms with Gasteiger partial charge in [-0.1, -0.05) is 45.9 Å². The molecule has 37 heteroatoms. The number of aromatic amines is 1. The number of carboxylic acid groups (broad SMARTS) is 2. The summed E-state index contributed by atoms with van der Waals surface area (Å²) in [6.07, 6.45) is 0.674. The summed E-state index contributed by atoms with van der Waals surface area (Å²) >= 11 is 16.4. The predicted octanol–water partition coefficient (Wildman–Crippen LogP) is -4.93. The summed E-state index contributed by atoms with van der Waals surface area (Å²) in [5.74, 6) is -14.8. The van der Waals surface area contributed by atoms with Crippen molar-refractivity contribution in [1.82, 2.24) is 68.4 Å². The highest BCUT2D eigenvalue weighted by atomic mass is 32.1. The summed E-state index contributed by atoms with van der Waals surface area (Å²) in [5.41, 5.74) is 18.0. The van der Waals surface area contributed by atoms with Crippen LogP contribution in [0.4, 0.5) is 0 Å². The fraction of sp³-hybridized carbons (Fsp3) is 0.596. The van der Waals surface area contributed by atoms with Crippen molar-refractivity contribution in [3.63, 3.8) is 0 Å². The second kappa shape index (κ2) is 40.3. The molecule has 94 heavy (non-hydrogen) atoms. The van der Waals surface area contributed by atoms with Crippen LogP contribution < -0.4 is 75.7 Å². The van der Waals surface area contributed by atoms with E-state index in [4.69, 9.17) is 17.2 Å². The maximum Gasteiger partial charge on any atom is 0.327 e. The van der Waals surface area contributed by atoms with E-state index in [1.807, 2.05) is 0 Å². The number of carboxylic acids is 2. The molecule has 12 amide bonds. The number of nitrogens with one attached hydrogen (secondary N) is 12. The molecule has 1 saturated heterocycles. The normalized spacial score (nSPS) is 16.0. The van der Waals surface area contributed by atoms with Crippen molar-refractivity contribution >= 4 is 150 Å². The van der Waals surface area contributed by atoms with Crippen LogP contribution in [0, 0.1) is 11.8 Å². The number of nitrogens with two attached hydrogens (primary N) is 3. The Morgan fingerprint density at radius 3 is 1.76 bits per heavy atom. The molecule has 0 unspecified atom stereocenters. The number of H-pyrrole nitrogens is 1. The van der Waals surface area contributed by atoms with Crippen LogP contribution in [0.3, 0.4) is 0 Å². The molecule has 1 aromatic carbocycles. The fourth-order valence-electron chi connectivity index (χ4n) is 9.51. The number of para-hydroxylation sites is 1. The average Bonchev–Trinajstić information content (AvgIpc) is 1.67. The van der Waals surface area contributed by atoms with Gasteiger partial charge in [0.1, 0.15) is 60.4 Å². The highest BCUT2D eigenvalue weighted by Gasteiger charge is 2.40. The van der Waals surface area contributed by atoms with E-state index in [-0.39, 0.29) is 86.5 Å². The lowest BCUT2D eigenvalue weighted by Gasteiger charge is -2.30. The predicted molar refractivity (Wildman–Crippen MR) is 358 cm³/mol. The molecule has 1 aliphatic heterocycles. The summed E-state index contributed by atoms with van der Waals surface area (Å²) in [4.78, 5) is 195. The van der Waals surface area contributed by atoms with Crippen LogP contribution >= 0.6 is 50.5 Å². The molecule has 2 aromatic rings. The zero-order valence-corrected chi connectivity index (χ0v) is 56.3. The minimum absolute atomic E-state index is 0.0137. The molecule has 0 spiro atoms. The van der Waals surface area contributed by atoms with E-state index < -0.39 is 181 Å². The fourth-order valence-corrected chi connectivity index (χ4v) is 10.4. The number of nitrogens with zero attached hydrogens (tertiary/aromatic N) is 2. The highest BCUT2D eigenvalue weighted by Crippen LogP contribution is 2.22. The third-order valence-electron chi connectivity index (χ3n) is 14.6. The Labute approximate surface area is 564 Å². The number of fused-ring (bicyclic) bond motifs is 1. The minimum Gasteiger partial charge on any atom is -0.481 e.